The molecule has 0 saturated carbocycles. The summed E-state index contributed by atoms with van der Waals surface area (Å²) >= 11 is 1.33. The quantitative estimate of drug-likeness (QED) is 0.392. The van der Waals surface area contributed by atoms with E-state index in [9.17, 15) is 4.79 Å². The number of pyridine rings is 1. The normalized spacial score (nSPS) is 10.8. The van der Waals surface area contributed by atoms with Gasteiger partial charge in [-0.3, -0.25) is 14.3 Å². The second-order valence-corrected chi connectivity index (χ2v) is 8.61. The summed E-state index contributed by atoms with van der Waals surface area (Å²) in [6, 6.07) is 17.4. The highest BCUT2D eigenvalue weighted by atomic mass is 32.2. The number of methoxy groups -OCH3 is 1. The summed E-state index contributed by atoms with van der Waals surface area (Å²) < 4.78 is 7.19. The first-order valence-electron chi connectivity index (χ1n) is 10.5. The van der Waals surface area contributed by atoms with E-state index in [0.717, 1.165) is 28.3 Å². The number of thioether (sulfide) groups is 1. The number of carbonyl (C=O) groups is 1. The average Bonchev–Trinajstić information content (AvgIpc) is 3.24. The van der Waals surface area contributed by atoms with E-state index in [1.54, 1.807) is 13.3 Å². The highest BCUT2D eigenvalue weighted by Crippen LogP contribution is 2.28. The number of ether oxygens (including phenoxy) is 1. The molecule has 0 aliphatic heterocycles. The standard InChI is InChI=1S/C25H25N5O2S/c1-16-13-17(2)23(18(3)14-16)27-22(31)15-33-25-29-28-24(21-7-5-6-12-26-21)30(25)19-8-10-20(32-4)11-9-19/h5-14H,15H2,1-4H3,(H,27,31). The van der Waals surface area contributed by atoms with Crippen LogP contribution in [0.3, 0.4) is 0 Å². The lowest BCUT2D eigenvalue weighted by atomic mass is 10.1. The predicted molar refractivity (Wildman–Crippen MR) is 131 cm³/mol. The molecular weight excluding hydrogens is 434 g/mol. The van der Waals surface area contributed by atoms with Gasteiger partial charge in [-0.25, -0.2) is 0 Å². The van der Waals surface area contributed by atoms with Gasteiger partial charge in [0.15, 0.2) is 11.0 Å². The highest BCUT2D eigenvalue weighted by Gasteiger charge is 2.18. The smallest absolute Gasteiger partial charge is 0.234 e. The summed E-state index contributed by atoms with van der Waals surface area (Å²) in [5.74, 6) is 1.46. The number of aromatic nitrogens is 4. The molecule has 2 heterocycles. The van der Waals surface area contributed by atoms with Crippen LogP contribution >= 0.6 is 11.8 Å². The van der Waals surface area contributed by atoms with Crippen molar-refractivity contribution in [3.8, 4) is 23.0 Å². The third-order valence-corrected chi connectivity index (χ3v) is 6.06. The Morgan fingerprint density at radius 2 is 1.76 bits per heavy atom. The van der Waals surface area contributed by atoms with Crippen molar-refractivity contribution >= 4 is 23.4 Å². The molecule has 4 rings (SSSR count). The average molecular weight is 460 g/mol. The number of aryl methyl sites for hydroxylation is 3. The van der Waals surface area contributed by atoms with Crippen molar-refractivity contribution in [1.29, 1.82) is 0 Å². The van der Waals surface area contributed by atoms with Crippen LogP contribution in [0.1, 0.15) is 16.7 Å². The van der Waals surface area contributed by atoms with Gasteiger partial charge in [0, 0.05) is 11.9 Å². The summed E-state index contributed by atoms with van der Waals surface area (Å²) in [4.78, 5) is 17.2. The molecule has 7 nitrogen and oxygen atoms in total. The number of hydrogen-bond donors (Lipinski definition) is 1. The topological polar surface area (TPSA) is 81.9 Å². The Kier molecular flexibility index (Phi) is 6.74. The number of benzene rings is 2. The SMILES string of the molecule is COc1ccc(-n2c(SCC(=O)Nc3c(C)cc(C)cc3C)nnc2-c2ccccn2)cc1. The second-order valence-electron chi connectivity index (χ2n) is 7.67. The van der Waals surface area contributed by atoms with Gasteiger partial charge >= 0.3 is 0 Å². The Labute approximate surface area is 197 Å². The highest BCUT2D eigenvalue weighted by molar-refractivity contribution is 7.99. The van der Waals surface area contributed by atoms with Crippen LogP contribution in [-0.4, -0.2) is 38.5 Å². The van der Waals surface area contributed by atoms with Crippen molar-refractivity contribution in [2.24, 2.45) is 0 Å². The van der Waals surface area contributed by atoms with Gasteiger partial charge in [0.05, 0.1) is 18.6 Å². The lowest BCUT2D eigenvalue weighted by Gasteiger charge is -2.13. The van der Waals surface area contributed by atoms with E-state index in [4.69, 9.17) is 4.74 Å². The van der Waals surface area contributed by atoms with Gasteiger partial charge in [0.2, 0.25) is 5.91 Å². The van der Waals surface area contributed by atoms with E-state index in [1.807, 2.05) is 67.8 Å². The maximum atomic E-state index is 12.8. The van der Waals surface area contributed by atoms with Gasteiger partial charge in [-0.1, -0.05) is 35.5 Å². The molecule has 1 N–H and O–H groups in total. The molecule has 0 atom stereocenters. The number of nitrogens with one attached hydrogen (secondary N) is 1. The molecule has 33 heavy (non-hydrogen) atoms. The van der Waals surface area contributed by atoms with E-state index in [-0.39, 0.29) is 11.7 Å². The van der Waals surface area contributed by atoms with E-state index in [0.29, 0.717) is 16.7 Å². The van der Waals surface area contributed by atoms with Crippen LogP contribution in [0.5, 0.6) is 5.75 Å². The fourth-order valence-corrected chi connectivity index (χ4v) is 4.42. The molecule has 0 aliphatic carbocycles. The molecule has 0 bridgehead atoms. The van der Waals surface area contributed by atoms with Crippen molar-refractivity contribution in [1.82, 2.24) is 19.7 Å². The lowest BCUT2D eigenvalue weighted by Crippen LogP contribution is -2.16. The minimum atomic E-state index is -0.0984. The summed E-state index contributed by atoms with van der Waals surface area (Å²) in [5, 5.41) is 12.4. The molecular formula is C25H25N5O2S. The Hall–Kier alpha value is -3.65. The number of anilines is 1. The van der Waals surface area contributed by atoms with Crippen LogP contribution < -0.4 is 10.1 Å². The summed E-state index contributed by atoms with van der Waals surface area (Å²) in [7, 11) is 1.63. The van der Waals surface area contributed by atoms with Crippen LogP contribution in [-0.2, 0) is 4.79 Å². The van der Waals surface area contributed by atoms with Crippen LogP contribution in [0, 0.1) is 20.8 Å². The van der Waals surface area contributed by atoms with Gasteiger partial charge in [-0.05, 0) is 68.3 Å². The summed E-state index contributed by atoms with van der Waals surface area (Å²) in [5.41, 5.74) is 5.68. The number of hydrogen-bond acceptors (Lipinski definition) is 6. The van der Waals surface area contributed by atoms with E-state index in [2.05, 4.69) is 32.6 Å². The van der Waals surface area contributed by atoms with Crippen molar-refractivity contribution in [2.45, 2.75) is 25.9 Å². The zero-order valence-electron chi connectivity index (χ0n) is 19.0. The second kappa shape index (κ2) is 9.87. The minimum absolute atomic E-state index is 0.0984. The Morgan fingerprint density at radius 1 is 1.03 bits per heavy atom. The molecule has 1 amide bonds. The van der Waals surface area contributed by atoms with E-state index in [1.165, 1.54) is 17.3 Å². The molecule has 2 aromatic heterocycles. The maximum absolute atomic E-state index is 12.8. The lowest BCUT2D eigenvalue weighted by molar-refractivity contribution is -0.113. The van der Waals surface area contributed by atoms with Gasteiger partial charge in [-0.15, -0.1) is 10.2 Å². The largest absolute Gasteiger partial charge is 0.497 e. The minimum Gasteiger partial charge on any atom is -0.497 e. The van der Waals surface area contributed by atoms with Crippen LogP contribution in [0.25, 0.3) is 17.2 Å². The maximum Gasteiger partial charge on any atom is 0.234 e. The Balaban J connectivity index is 1.60. The Bertz CT molecular complexity index is 1250. The first kappa shape index (κ1) is 22.5. The fourth-order valence-electron chi connectivity index (χ4n) is 3.67. The first-order valence-corrected chi connectivity index (χ1v) is 11.5. The van der Waals surface area contributed by atoms with E-state index < -0.39 is 0 Å². The first-order chi connectivity index (χ1) is 16.0. The Morgan fingerprint density at radius 3 is 2.39 bits per heavy atom. The molecule has 0 fully saturated rings. The van der Waals surface area contributed by atoms with Gasteiger partial charge in [0.25, 0.3) is 0 Å². The van der Waals surface area contributed by atoms with Gasteiger partial charge in [-0.2, -0.15) is 0 Å². The predicted octanol–water partition coefficient (Wildman–Crippen LogP) is 4.99. The number of carbonyl (C=O) groups excluding carboxylic acids is 1. The van der Waals surface area contributed by atoms with Gasteiger partial charge in [0.1, 0.15) is 11.4 Å². The van der Waals surface area contributed by atoms with Crippen LogP contribution in [0.2, 0.25) is 0 Å². The molecule has 8 heteroatoms. The molecule has 168 valence electrons. The molecule has 4 aromatic rings. The summed E-state index contributed by atoms with van der Waals surface area (Å²) in [6.45, 7) is 6.05. The third-order valence-electron chi connectivity index (χ3n) is 5.13. The monoisotopic (exact) mass is 459 g/mol. The third kappa shape index (κ3) is 5.06. The molecule has 0 unspecified atom stereocenters. The summed E-state index contributed by atoms with van der Waals surface area (Å²) in [6.07, 6.45) is 1.72. The molecule has 0 radical (unpaired) electrons. The van der Waals surface area contributed by atoms with E-state index >= 15 is 0 Å². The van der Waals surface area contributed by atoms with Gasteiger partial charge < -0.3 is 10.1 Å². The number of rotatable bonds is 7. The molecule has 0 spiro atoms. The molecule has 2 aromatic carbocycles. The molecule has 0 saturated heterocycles. The van der Waals surface area contributed by atoms with Crippen molar-refractivity contribution < 1.29 is 9.53 Å². The number of nitrogens with zero attached hydrogens (tertiary/aromatic N) is 4. The number of amides is 1. The van der Waals surface area contributed by atoms with Crippen molar-refractivity contribution in [2.75, 3.05) is 18.2 Å². The fraction of sp³-hybridized carbons (Fsp3) is 0.200. The zero-order valence-corrected chi connectivity index (χ0v) is 19.8. The van der Waals surface area contributed by atoms with Crippen LogP contribution in [0.4, 0.5) is 5.69 Å². The van der Waals surface area contributed by atoms with Crippen molar-refractivity contribution in [3.63, 3.8) is 0 Å². The van der Waals surface area contributed by atoms with Crippen molar-refractivity contribution in [3.05, 3.63) is 77.5 Å². The van der Waals surface area contributed by atoms with Crippen LogP contribution in [0.15, 0.2) is 66.0 Å². The molecule has 0 aliphatic rings. The zero-order chi connectivity index (χ0) is 23.4.